The van der Waals surface area contributed by atoms with E-state index < -0.39 is 0 Å². The Morgan fingerprint density at radius 3 is 2.25 bits per heavy atom. The van der Waals surface area contributed by atoms with Crippen LogP contribution in [0, 0.1) is 0 Å². The first-order chi connectivity index (χ1) is 5.72. The molecule has 0 atom stereocenters. The first-order valence-electron chi connectivity index (χ1n) is 3.34. The summed E-state index contributed by atoms with van der Waals surface area (Å²) in [4.78, 5) is 11.0. The Morgan fingerprint density at radius 1 is 1.17 bits per heavy atom. The molecule has 0 aliphatic carbocycles. The van der Waals surface area contributed by atoms with Crippen molar-refractivity contribution < 1.29 is 5.11 Å². The van der Waals surface area contributed by atoms with E-state index in [2.05, 4.69) is 20.3 Å². The van der Waals surface area contributed by atoms with Crippen molar-refractivity contribution in [3.8, 4) is 0 Å². The number of aliphatic hydroxyl groups excluding tert-OH is 1. The molecule has 1 heterocycles. The molecule has 7 nitrogen and oxygen atoms in total. The smallest absolute Gasteiger partial charge is 0.229 e. The lowest BCUT2D eigenvalue weighted by atomic mass is 10.7. The Balaban J connectivity index is 2.72. The van der Waals surface area contributed by atoms with Gasteiger partial charge in [-0.15, -0.1) is 0 Å². The Morgan fingerprint density at radius 2 is 1.75 bits per heavy atom. The minimum Gasteiger partial charge on any atom is -0.395 e. The average Bonchev–Trinajstić information content (AvgIpc) is 1.99. The second-order valence-corrected chi connectivity index (χ2v) is 2.03. The molecule has 0 aliphatic heterocycles. The van der Waals surface area contributed by atoms with Gasteiger partial charge in [-0.05, 0) is 0 Å². The molecular formula is C5H10N6O. The molecule has 1 aromatic rings. The van der Waals surface area contributed by atoms with Gasteiger partial charge in [-0.1, -0.05) is 0 Å². The van der Waals surface area contributed by atoms with Crippen LogP contribution in [0.3, 0.4) is 0 Å². The van der Waals surface area contributed by atoms with Gasteiger partial charge < -0.3 is 21.9 Å². The second-order valence-electron chi connectivity index (χ2n) is 2.03. The highest BCUT2D eigenvalue weighted by Crippen LogP contribution is 2.01. The van der Waals surface area contributed by atoms with Crippen LogP contribution in [-0.4, -0.2) is 33.2 Å². The molecule has 1 rings (SSSR count). The molecule has 12 heavy (non-hydrogen) atoms. The molecule has 0 aromatic carbocycles. The predicted octanol–water partition coefficient (Wildman–Crippen LogP) is -1.56. The van der Waals surface area contributed by atoms with Gasteiger partial charge in [-0.3, -0.25) is 0 Å². The van der Waals surface area contributed by atoms with Crippen molar-refractivity contribution in [3.05, 3.63) is 0 Å². The molecule has 6 N–H and O–H groups in total. The summed E-state index contributed by atoms with van der Waals surface area (Å²) in [6.07, 6.45) is 0. The van der Waals surface area contributed by atoms with Gasteiger partial charge in [0.2, 0.25) is 17.8 Å². The third-order valence-corrected chi connectivity index (χ3v) is 1.06. The van der Waals surface area contributed by atoms with Crippen molar-refractivity contribution in [1.82, 2.24) is 15.0 Å². The Labute approximate surface area is 68.8 Å². The number of nitrogen functional groups attached to an aromatic ring is 2. The van der Waals surface area contributed by atoms with E-state index in [0.29, 0.717) is 6.54 Å². The summed E-state index contributed by atoms with van der Waals surface area (Å²) >= 11 is 0. The first kappa shape index (κ1) is 8.47. The van der Waals surface area contributed by atoms with Crippen LogP contribution in [-0.2, 0) is 0 Å². The Bertz CT molecular complexity index is 244. The normalized spacial score (nSPS) is 9.75. The highest BCUT2D eigenvalue weighted by atomic mass is 16.3. The van der Waals surface area contributed by atoms with Gasteiger partial charge in [0, 0.05) is 6.54 Å². The van der Waals surface area contributed by atoms with Crippen molar-refractivity contribution >= 4 is 17.8 Å². The summed E-state index contributed by atoms with van der Waals surface area (Å²) < 4.78 is 0. The third-order valence-electron chi connectivity index (χ3n) is 1.06. The highest BCUT2D eigenvalue weighted by Gasteiger charge is 1.98. The molecule has 0 saturated carbocycles. The van der Waals surface area contributed by atoms with Crippen LogP contribution in [0.25, 0.3) is 0 Å². The van der Waals surface area contributed by atoms with Gasteiger partial charge >= 0.3 is 0 Å². The molecule has 0 radical (unpaired) electrons. The van der Waals surface area contributed by atoms with E-state index in [1.807, 2.05) is 0 Å². The fourth-order valence-electron chi connectivity index (χ4n) is 0.656. The quantitative estimate of drug-likeness (QED) is 0.432. The number of nitrogens with two attached hydrogens (primary N) is 2. The second kappa shape index (κ2) is 3.67. The van der Waals surface area contributed by atoms with Crippen molar-refractivity contribution in [1.29, 1.82) is 0 Å². The highest BCUT2D eigenvalue weighted by molar-refractivity contribution is 5.36. The molecule has 66 valence electrons. The molecule has 1 aromatic heterocycles. The van der Waals surface area contributed by atoms with Crippen molar-refractivity contribution in [2.24, 2.45) is 0 Å². The largest absolute Gasteiger partial charge is 0.395 e. The molecule has 0 bridgehead atoms. The first-order valence-corrected chi connectivity index (χ1v) is 3.34. The van der Waals surface area contributed by atoms with E-state index in [9.17, 15) is 0 Å². The number of hydrogen-bond donors (Lipinski definition) is 4. The number of hydrogen-bond acceptors (Lipinski definition) is 7. The fraction of sp³-hybridized carbons (Fsp3) is 0.400. The van der Waals surface area contributed by atoms with Gasteiger partial charge in [-0.2, -0.15) is 15.0 Å². The van der Waals surface area contributed by atoms with E-state index in [0.717, 1.165) is 0 Å². The molecular weight excluding hydrogens is 160 g/mol. The molecule has 0 saturated heterocycles. The Hall–Kier alpha value is -1.63. The van der Waals surface area contributed by atoms with E-state index in [-0.39, 0.29) is 24.5 Å². The zero-order valence-electron chi connectivity index (χ0n) is 6.36. The zero-order valence-corrected chi connectivity index (χ0v) is 6.36. The number of nitrogens with zero attached hydrogens (tertiary/aromatic N) is 3. The van der Waals surface area contributed by atoms with Crippen LogP contribution in [0.1, 0.15) is 0 Å². The van der Waals surface area contributed by atoms with Crippen LogP contribution < -0.4 is 16.8 Å². The summed E-state index contributed by atoms with van der Waals surface area (Å²) in [6, 6.07) is 0. The summed E-state index contributed by atoms with van der Waals surface area (Å²) in [7, 11) is 0. The van der Waals surface area contributed by atoms with E-state index in [4.69, 9.17) is 16.6 Å². The SMILES string of the molecule is Nc1nc(N)nc(NCCO)n1. The topological polar surface area (TPSA) is 123 Å². The van der Waals surface area contributed by atoms with Gasteiger partial charge in [0.1, 0.15) is 0 Å². The molecule has 0 fully saturated rings. The minimum absolute atomic E-state index is 0.00844. The average molecular weight is 170 g/mol. The summed E-state index contributed by atoms with van der Waals surface area (Å²) in [6.45, 7) is 0.342. The molecule has 7 heteroatoms. The summed E-state index contributed by atoms with van der Waals surface area (Å²) in [5.41, 5.74) is 10.6. The summed E-state index contributed by atoms with van der Waals surface area (Å²) in [5, 5.41) is 11.2. The van der Waals surface area contributed by atoms with Crippen molar-refractivity contribution in [3.63, 3.8) is 0 Å². The zero-order chi connectivity index (χ0) is 8.97. The van der Waals surface area contributed by atoms with Crippen molar-refractivity contribution in [2.45, 2.75) is 0 Å². The Kier molecular flexibility index (Phi) is 2.59. The van der Waals surface area contributed by atoms with E-state index in [1.54, 1.807) is 0 Å². The van der Waals surface area contributed by atoms with Crippen LogP contribution in [0.15, 0.2) is 0 Å². The maximum atomic E-state index is 8.47. The number of nitrogens with one attached hydrogen (secondary N) is 1. The molecule has 0 amide bonds. The summed E-state index contributed by atoms with van der Waals surface area (Å²) in [5.74, 6) is 0.389. The maximum Gasteiger partial charge on any atom is 0.229 e. The van der Waals surface area contributed by atoms with Crippen LogP contribution in [0.4, 0.5) is 17.8 Å². The number of aliphatic hydroxyl groups is 1. The van der Waals surface area contributed by atoms with Crippen LogP contribution in [0.5, 0.6) is 0 Å². The van der Waals surface area contributed by atoms with Gasteiger partial charge in [0.25, 0.3) is 0 Å². The van der Waals surface area contributed by atoms with E-state index >= 15 is 0 Å². The molecule has 0 spiro atoms. The third kappa shape index (κ3) is 2.20. The molecule has 0 aliphatic rings. The number of rotatable bonds is 3. The molecule has 0 unspecified atom stereocenters. The maximum absolute atomic E-state index is 8.47. The number of anilines is 3. The standard InChI is InChI=1S/C5H10N6O/c6-3-9-4(7)11-5(10-3)8-1-2-12/h12H,1-2H2,(H5,6,7,8,9,10,11). The van der Waals surface area contributed by atoms with Gasteiger partial charge in [0.15, 0.2) is 0 Å². The lowest BCUT2D eigenvalue weighted by Crippen LogP contribution is -2.12. The van der Waals surface area contributed by atoms with Gasteiger partial charge in [-0.25, -0.2) is 0 Å². The van der Waals surface area contributed by atoms with E-state index in [1.165, 1.54) is 0 Å². The number of aromatic nitrogens is 3. The lowest BCUT2D eigenvalue weighted by Gasteiger charge is -2.02. The van der Waals surface area contributed by atoms with Crippen LogP contribution >= 0.6 is 0 Å². The van der Waals surface area contributed by atoms with Crippen LogP contribution in [0.2, 0.25) is 0 Å². The fourth-order valence-corrected chi connectivity index (χ4v) is 0.656. The predicted molar refractivity (Wildman–Crippen MR) is 44.2 cm³/mol. The van der Waals surface area contributed by atoms with Crippen molar-refractivity contribution in [2.75, 3.05) is 29.9 Å². The lowest BCUT2D eigenvalue weighted by molar-refractivity contribution is 0.311. The monoisotopic (exact) mass is 170 g/mol. The minimum atomic E-state index is -0.00844. The van der Waals surface area contributed by atoms with Gasteiger partial charge in [0.05, 0.1) is 6.61 Å².